The van der Waals surface area contributed by atoms with Gasteiger partial charge in [0.25, 0.3) is 0 Å². The van der Waals surface area contributed by atoms with E-state index in [2.05, 4.69) is 34.1 Å². The lowest BCUT2D eigenvalue weighted by atomic mass is 10.1. The second kappa shape index (κ2) is 9.50. The molecule has 4 aromatic carbocycles. The summed E-state index contributed by atoms with van der Waals surface area (Å²) in [7, 11) is 0. The molecule has 0 aromatic heterocycles. The van der Waals surface area contributed by atoms with Crippen LogP contribution in [0.1, 0.15) is 0 Å². The van der Waals surface area contributed by atoms with Gasteiger partial charge in [0.2, 0.25) is 0 Å². The summed E-state index contributed by atoms with van der Waals surface area (Å²) in [6.45, 7) is 0. The topological polar surface area (TPSA) is 42.2 Å². The van der Waals surface area contributed by atoms with Crippen molar-refractivity contribution in [3.63, 3.8) is 0 Å². The summed E-state index contributed by atoms with van der Waals surface area (Å²) in [5.41, 5.74) is 7.33. The molecular formula is C30H20Cl2N4. The number of hydrogen-bond acceptors (Lipinski definition) is 3. The Morgan fingerprint density at radius 1 is 0.694 bits per heavy atom. The maximum atomic E-state index is 6.11. The summed E-state index contributed by atoms with van der Waals surface area (Å²) in [6, 6.07) is 37.7. The molecule has 0 amide bonds. The Hall–Kier alpha value is -4.12. The third-order valence-corrected chi connectivity index (χ3v) is 6.42. The summed E-state index contributed by atoms with van der Waals surface area (Å²) in [4.78, 5) is 9.97. The average Bonchev–Trinajstić information content (AvgIpc) is 2.91. The Morgan fingerprint density at radius 2 is 1.36 bits per heavy atom. The number of fused-ring (bicyclic) bond motifs is 2. The van der Waals surface area contributed by atoms with Crippen LogP contribution >= 0.6 is 23.2 Å². The van der Waals surface area contributed by atoms with Gasteiger partial charge in [-0.05, 0) is 84.9 Å². The van der Waals surface area contributed by atoms with Crippen LogP contribution in [0, 0.1) is 0 Å². The number of halogens is 2. The first-order valence-corrected chi connectivity index (χ1v) is 12.2. The molecule has 1 N–H and O–H groups in total. The third kappa shape index (κ3) is 4.44. The van der Waals surface area contributed by atoms with E-state index in [4.69, 9.17) is 33.2 Å². The van der Waals surface area contributed by atoms with Crippen LogP contribution in [0.25, 0.3) is 28.1 Å². The van der Waals surface area contributed by atoms with Gasteiger partial charge in [0.15, 0.2) is 0 Å². The molecule has 0 unspecified atom stereocenters. The van der Waals surface area contributed by atoms with Crippen molar-refractivity contribution in [1.82, 2.24) is 9.55 Å². The molecule has 0 fully saturated rings. The summed E-state index contributed by atoms with van der Waals surface area (Å²) in [6.07, 6.45) is 0. The van der Waals surface area contributed by atoms with Crippen molar-refractivity contribution in [2.75, 3.05) is 5.32 Å². The number of anilines is 2. The van der Waals surface area contributed by atoms with Crippen LogP contribution in [0.5, 0.6) is 0 Å². The fourth-order valence-electron chi connectivity index (χ4n) is 4.23. The molecule has 1 heterocycles. The number of benzene rings is 5. The van der Waals surface area contributed by atoms with Crippen LogP contribution in [-0.2, 0) is 0 Å². The van der Waals surface area contributed by atoms with Crippen LogP contribution in [0.2, 0.25) is 10.0 Å². The zero-order valence-electron chi connectivity index (χ0n) is 19.1. The lowest BCUT2D eigenvalue weighted by Gasteiger charge is -2.20. The van der Waals surface area contributed by atoms with Crippen LogP contribution in [0.3, 0.4) is 0 Å². The quantitative estimate of drug-likeness (QED) is 0.244. The minimum atomic E-state index is 0.671. The second-order valence-corrected chi connectivity index (χ2v) is 9.22. The molecule has 0 radical (unpaired) electrons. The third-order valence-electron chi connectivity index (χ3n) is 5.91. The molecule has 0 saturated carbocycles. The van der Waals surface area contributed by atoms with Gasteiger partial charge in [-0.2, -0.15) is 0 Å². The molecule has 6 heteroatoms. The number of nitrogens with one attached hydrogen (secondary N) is 1. The molecule has 1 aliphatic heterocycles. The van der Waals surface area contributed by atoms with Crippen molar-refractivity contribution >= 4 is 51.3 Å². The smallest absolute Gasteiger partial charge is 0.0900 e. The van der Waals surface area contributed by atoms with Gasteiger partial charge in [0.1, 0.15) is 0 Å². The molecule has 174 valence electrons. The Morgan fingerprint density at radius 3 is 2.11 bits per heavy atom. The van der Waals surface area contributed by atoms with Gasteiger partial charge >= 0.3 is 0 Å². The van der Waals surface area contributed by atoms with E-state index in [9.17, 15) is 0 Å². The zero-order valence-corrected chi connectivity index (χ0v) is 20.6. The standard InChI is InChI=1S/C30H20Cl2N4/c31-20-10-14-22(15-11-20)33-26-18-28-30(19-27(26)34-23-16-12-21(32)13-17-23)36(24-6-2-1-3-7-24)29-9-5-4-8-25(29)35-28/h1-19,33H. The first-order chi connectivity index (χ1) is 17.6. The summed E-state index contributed by atoms with van der Waals surface area (Å²) in [5.74, 6) is 0. The van der Waals surface area contributed by atoms with E-state index in [-0.39, 0.29) is 0 Å². The molecule has 0 atom stereocenters. The van der Waals surface area contributed by atoms with Crippen molar-refractivity contribution in [1.29, 1.82) is 0 Å². The number of para-hydroxylation sites is 3. The fourth-order valence-corrected chi connectivity index (χ4v) is 4.49. The minimum absolute atomic E-state index is 0.671. The van der Waals surface area contributed by atoms with E-state index >= 15 is 0 Å². The second-order valence-electron chi connectivity index (χ2n) is 8.35. The first kappa shape index (κ1) is 22.4. The normalized spacial score (nSPS) is 11.8. The highest BCUT2D eigenvalue weighted by atomic mass is 35.5. The molecule has 4 nitrogen and oxygen atoms in total. The van der Waals surface area contributed by atoms with E-state index < -0.39 is 0 Å². The summed E-state index contributed by atoms with van der Waals surface area (Å²) in [5, 5.41) is 5.64. The summed E-state index contributed by atoms with van der Waals surface area (Å²) < 4.78 is 2.23. The van der Waals surface area contributed by atoms with E-state index in [0.717, 1.165) is 50.5 Å². The summed E-state index contributed by atoms with van der Waals surface area (Å²) >= 11 is 12.2. The molecule has 2 aliphatic rings. The van der Waals surface area contributed by atoms with Gasteiger partial charge < -0.3 is 9.88 Å². The highest BCUT2D eigenvalue weighted by Crippen LogP contribution is 2.31. The number of nitrogens with zero attached hydrogens (tertiary/aromatic N) is 3. The molecule has 0 bridgehead atoms. The van der Waals surface area contributed by atoms with Crippen molar-refractivity contribution in [2.45, 2.75) is 0 Å². The Balaban J connectivity index is 1.65. The van der Waals surface area contributed by atoms with Crippen LogP contribution in [0.4, 0.5) is 17.1 Å². The van der Waals surface area contributed by atoms with E-state index in [1.165, 1.54) is 0 Å². The van der Waals surface area contributed by atoms with Crippen molar-refractivity contribution in [2.24, 2.45) is 4.99 Å². The van der Waals surface area contributed by atoms with Gasteiger partial charge in [0, 0.05) is 21.4 Å². The molecular weight excluding hydrogens is 487 g/mol. The number of rotatable bonds is 4. The van der Waals surface area contributed by atoms with Crippen molar-refractivity contribution in [3.8, 4) is 17.1 Å². The fraction of sp³-hybridized carbons (Fsp3) is 0. The predicted molar refractivity (Wildman–Crippen MR) is 149 cm³/mol. The van der Waals surface area contributed by atoms with Gasteiger partial charge in [-0.25, -0.2) is 9.98 Å². The highest BCUT2D eigenvalue weighted by Gasteiger charge is 2.16. The van der Waals surface area contributed by atoms with Gasteiger partial charge in [-0.1, -0.05) is 53.5 Å². The maximum absolute atomic E-state index is 6.11. The lowest BCUT2D eigenvalue weighted by molar-refractivity contribution is 1.07. The predicted octanol–water partition coefficient (Wildman–Crippen LogP) is 8.41. The SMILES string of the molecule is Clc1ccc(N=c2cc3n(-c4ccccc4)c4ccccc4nc-3cc2Nc2ccc(Cl)cc2)cc1. The molecule has 4 aromatic rings. The van der Waals surface area contributed by atoms with Crippen LogP contribution < -0.4 is 10.7 Å². The minimum Gasteiger partial charge on any atom is -0.354 e. The molecule has 0 saturated heterocycles. The van der Waals surface area contributed by atoms with E-state index in [1.807, 2.05) is 91.0 Å². The van der Waals surface area contributed by atoms with E-state index in [0.29, 0.717) is 10.0 Å². The van der Waals surface area contributed by atoms with Gasteiger partial charge in [-0.3, -0.25) is 0 Å². The monoisotopic (exact) mass is 506 g/mol. The Kier molecular flexibility index (Phi) is 5.90. The van der Waals surface area contributed by atoms with Crippen molar-refractivity contribution < 1.29 is 0 Å². The van der Waals surface area contributed by atoms with Crippen molar-refractivity contribution in [3.05, 3.63) is 131 Å². The maximum Gasteiger partial charge on any atom is 0.0900 e. The van der Waals surface area contributed by atoms with E-state index in [1.54, 1.807) is 0 Å². The first-order valence-electron chi connectivity index (χ1n) is 11.5. The van der Waals surface area contributed by atoms with Crippen LogP contribution in [0.15, 0.2) is 120 Å². The van der Waals surface area contributed by atoms with Gasteiger partial charge in [-0.15, -0.1) is 0 Å². The molecule has 36 heavy (non-hydrogen) atoms. The molecule has 1 aliphatic carbocycles. The molecule has 0 spiro atoms. The Labute approximate surface area is 218 Å². The Bertz CT molecular complexity index is 1710. The zero-order chi connectivity index (χ0) is 24.5. The number of hydrogen-bond donors (Lipinski definition) is 1. The van der Waals surface area contributed by atoms with Crippen LogP contribution in [-0.4, -0.2) is 9.55 Å². The van der Waals surface area contributed by atoms with Gasteiger partial charge in [0.05, 0.1) is 39.2 Å². The molecule has 6 rings (SSSR count). The highest BCUT2D eigenvalue weighted by molar-refractivity contribution is 6.30. The largest absolute Gasteiger partial charge is 0.354 e. The average molecular weight is 507 g/mol. The lowest BCUT2D eigenvalue weighted by Crippen LogP contribution is -2.14. The number of aromatic nitrogens is 2.